The Bertz CT molecular complexity index is 510. The molecule has 0 bridgehead atoms. The monoisotopic (exact) mass is 273 g/mol. The van der Waals surface area contributed by atoms with Gasteiger partial charge in [-0.3, -0.25) is 4.79 Å². The Morgan fingerprint density at radius 2 is 2.15 bits per heavy atom. The van der Waals surface area contributed by atoms with Gasteiger partial charge in [-0.1, -0.05) is 30.3 Å². The summed E-state index contributed by atoms with van der Waals surface area (Å²) in [6, 6.07) is 10.0. The molecular weight excluding hydrogens is 252 g/mol. The minimum Gasteiger partial charge on any atom is -0.403 e. The van der Waals surface area contributed by atoms with Crippen molar-refractivity contribution in [3.63, 3.8) is 0 Å². The highest BCUT2D eigenvalue weighted by atomic mass is 16.2. The Morgan fingerprint density at radius 1 is 1.40 bits per heavy atom. The number of benzene rings is 1. The zero-order valence-electron chi connectivity index (χ0n) is 11.5. The average molecular weight is 273 g/mol. The summed E-state index contributed by atoms with van der Waals surface area (Å²) in [5.74, 6) is 0.218. The van der Waals surface area contributed by atoms with E-state index in [9.17, 15) is 4.79 Å². The Hall–Kier alpha value is -2.30. The van der Waals surface area contributed by atoms with Gasteiger partial charge in [-0.15, -0.1) is 0 Å². The van der Waals surface area contributed by atoms with Crippen LogP contribution in [0.5, 0.6) is 0 Å². The van der Waals surface area contributed by atoms with Crippen molar-refractivity contribution in [1.82, 2.24) is 4.90 Å². The second-order valence-electron chi connectivity index (χ2n) is 4.88. The van der Waals surface area contributed by atoms with E-state index in [1.807, 2.05) is 35.2 Å². The van der Waals surface area contributed by atoms with E-state index in [1.165, 1.54) is 6.20 Å². The number of nitrogens with two attached hydrogens (primary N) is 2. The predicted octanol–water partition coefficient (Wildman–Crippen LogP) is -0.740. The Kier molecular flexibility index (Phi) is 4.76. The summed E-state index contributed by atoms with van der Waals surface area (Å²) in [4.78, 5) is 16.9. The molecule has 2 rings (SSSR count). The first-order valence-electron chi connectivity index (χ1n) is 6.80. The first kappa shape index (κ1) is 14.1. The van der Waals surface area contributed by atoms with Crippen molar-refractivity contribution in [2.45, 2.75) is 18.9 Å². The molecule has 1 aromatic carbocycles. The number of hydrogen-bond acceptors (Lipinski definition) is 3. The number of nitrogens with one attached hydrogen (secondary N) is 1. The van der Waals surface area contributed by atoms with Crippen LogP contribution in [0.4, 0.5) is 0 Å². The normalized spacial score (nSPS) is 17.9. The maximum Gasteiger partial charge on any atom is 0.222 e. The van der Waals surface area contributed by atoms with Gasteiger partial charge in [0, 0.05) is 24.7 Å². The Balaban J connectivity index is 2.16. The number of rotatable bonds is 5. The van der Waals surface area contributed by atoms with Crippen LogP contribution < -0.4 is 16.5 Å². The van der Waals surface area contributed by atoms with Crippen LogP contribution in [-0.4, -0.2) is 30.1 Å². The van der Waals surface area contributed by atoms with Gasteiger partial charge in [0.05, 0.1) is 6.54 Å². The van der Waals surface area contributed by atoms with Crippen molar-refractivity contribution in [2.75, 3.05) is 13.1 Å². The van der Waals surface area contributed by atoms with Gasteiger partial charge >= 0.3 is 0 Å². The van der Waals surface area contributed by atoms with Crippen LogP contribution in [0.3, 0.4) is 0 Å². The quantitative estimate of drug-likeness (QED) is 0.618. The average Bonchev–Trinajstić information content (AvgIpc) is 2.89. The first-order valence-corrected chi connectivity index (χ1v) is 6.80. The molecule has 106 valence electrons. The summed E-state index contributed by atoms with van der Waals surface area (Å²) in [6.45, 7) is 1.46. The maximum absolute atomic E-state index is 11.8. The molecule has 1 aliphatic rings. The molecule has 0 spiro atoms. The molecule has 0 radical (unpaired) electrons. The maximum atomic E-state index is 11.8. The van der Waals surface area contributed by atoms with Crippen LogP contribution in [-0.2, 0) is 4.79 Å². The lowest BCUT2D eigenvalue weighted by Gasteiger charge is -2.18. The SMILES string of the molecule is NC=C(N)C=[NH+]C(CN1CCCC1=O)c1ccccc1. The second kappa shape index (κ2) is 6.75. The van der Waals surface area contributed by atoms with E-state index >= 15 is 0 Å². The van der Waals surface area contributed by atoms with Crippen LogP contribution in [0.1, 0.15) is 24.4 Å². The Labute approximate surface area is 119 Å². The number of nitrogens with zero attached hydrogens (tertiary/aromatic N) is 1. The zero-order valence-corrected chi connectivity index (χ0v) is 11.5. The minimum absolute atomic E-state index is 0.0109. The molecular formula is C15H21N4O+. The lowest BCUT2D eigenvalue weighted by molar-refractivity contribution is -0.505. The fourth-order valence-electron chi connectivity index (χ4n) is 2.30. The van der Waals surface area contributed by atoms with Gasteiger partial charge in [-0.25, -0.2) is 4.99 Å². The third kappa shape index (κ3) is 3.60. The molecule has 0 aliphatic carbocycles. The molecule has 1 atom stereocenters. The van der Waals surface area contributed by atoms with Crippen molar-refractivity contribution in [3.05, 3.63) is 47.8 Å². The van der Waals surface area contributed by atoms with E-state index < -0.39 is 0 Å². The van der Waals surface area contributed by atoms with Gasteiger partial charge < -0.3 is 16.4 Å². The van der Waals surface area contributed by atoms with Gasteiger partial charge in [-0.2, -0.15) is 0 Å². The lowest BCUT2D eigenvalue weighted by Crippen LogP contribution is -2.73. The predicted molar refractivity (Wildman–Crippen MR) is 78.5 cm³/mol. The summed E-state index contributed by atoms with van der Waals surface area (Å²) in [5, 5.41) is 0. The van der Waals surface area contributed by atoms with Crippen LogP contribution >= 0.6 is 0 Å². The third-order valence-corrected chi connectivity index (χ3v) is 3.42. The van der Waals surface area contributed by atoms with Crippen molar-refractivity contribution in [3.8, 4) is 0 Å². The smallest absolute Gasteiger partial charge is 0.222 e. The summed E-state index contributed by atoms with van der Waals surface area (Å²) in [5.41, 5.74) is 12.6. The molecule has 0 aromatic heterocycles. The van der Waals surface area contributed by atoms with Crippen molar-refractivity contribution >= 4 is 12.1 Å². The summed E-state index contributed by atoms with van der Waals surface area (Å²) in [7, 11) is 0. The summed E-state index contributed by atoms with van der Waals surface area (Å²) >= 11 is 0. The molecule has 5 heteroatoms. The minimum atomic E-state index is 0.0109. The van der Waals surface area contributed by atoms with E-state index in [1.54, 1.807) is 6.21 Å². The largest absolute Gasteiger partial charge is 0.403 e. The molecule has 5 nitrogen and oxygen atoms in total. The van der Waals surface area contributed by atoms with Gasteiger partial charge in [0.2, 0.25) is 5.91 Å². The standard InChI is InChI=1S/C15H20N4O/c16-9-13(17)10-18-14(12-5-2-1-3-6-12)11-19-8-4-7-15(19)20/h1-3,5-6,9-10,14H,4,7-8,11,16-17H2/p+1. The molecule has 1 saturated heterocycles. The van der Waals surface area contributed by atoms with Crippen molar-refractivity contribution < 1.29 is 9.79 Å². The molecule has 1 unspecified atom stereocenters. The summed E-state index contributed by atoms with van der Waals surface area (Å²) in [6.07, 6.45) is 4.61. The highest BCUT2D eigenvalue weighted by Gasteiger charge is 2.26. The highest BCUT2D eigenvalue weighted by Crippen LogP contribution is 2.15. The zero-order chi connectivity index (χ0) is 14.4. The number of carbonyl (C=O) groups excluding carboxylic acids is 1. The lowest BCUT2D eigenvalue weighted by atomic mass is 10.1. The number of likely N-dealkylation sites (tertiary alicyclic amines) is 1. The van der Waals surface area contributed by atoms with Gasteiger partial charge in [-0.05, 0) is 6.42 Å². The van der Waals surface area contributed by atoms with Crippen LogP contribution in [0.25, 0.3) is 0 Å². The van der Waals surface area contributed by atoms with Gasteiger partial charge in [0.25, 0.3) is 0 Å². The number of allylic oxidation sites excluding steroid dienone is 1. The third-order valence-electron chi connectivity index (χ3n) is 3.42. The number of carbonyl (C=O) groups is 1. The highest BCUT2D eigenvalue weighted by molar-refractivity contribution is 5.78. The van der Waals surface area contributed by atoms with E-state index in [0.717, 1.165) is 18.5 Å². The first-order chi connectivity index (χ1) is 9.70. The molecule has 1 aliphatic heterocycles. The van der Waals surface area contributed by atoms with Gasteiger partial charge in [0.1, 0.15) is 5.70 Å². The molecule has 1 amide bonds. The number of amides is 1. The van der Waals surface area contributed by atoms with E-state index in [2.05, 4.69) is 4.99 Å². The number of hydrogen-bond donors (Lipinski definition) is 3. The van der Waals surface area contributed by atoms with Gasteiger partial charge in [0.15, 0.2) is 12.3 Å². The van der Waals surface area contributed by atoms with E-state index in [-0.39, 0.29) is 11.9 Å². The molecule has 1 heterocycles. The van der Waals surface area contributed by atoms with E-state index in [0.29, 0.717) is 18.7 Å². The van der Waals surface area contributed by atoms with Crippen LogP contribution in [0, 0.1) is 0 Å². The van der Waals surface area contributed by atoms with Crippen molar-refractivity contribution in [2.24, 2.45) is 11.5 Å². The molecule has 20 heavy (non-hydrogen) atoms. The fourth-order valence-corrected chi connectivity index (χ4v) is 2.30. The van der Waals surface area contributed by atoms with Crippen molar-refractivity contribution in [1.29, 1.82) is 0 Å². The summed E-state index contributed by atoms with van der Waals surface area (Å²) < 4.78 is 0. The van der Waals surface area contributed by atoms with Crippen LogP contribution in [0.15, 0.2) is 42.2 Å². The molecule has 5 N–H and O–H groups in total. The second-order valence-corrected chi connectivity index (χ2v) is 4.88. The fraction of sp³-hybridized carbons (Fsp3) is 0.333. The van der Waals surface area contributed by atoms with Crippen LogP contribution in [0.2, 0.25) is 0 Å². The molecule has 1 fully saturated rings. The van der Waals surface area contributed by atoms with E-state index in [4.69, 9.17) is 11.5 Å². The Morgan fingerprint density at radius 3 is 2.75 bits per heavy atom. The molecule has 0 saturated carbocycles. The molecule has 1 aromatic rings. The topological polar surface area (TPSA) is 86.3 Å².